The Labute approximate surface area is 136 Å². The van der Waals surface area contributed by atoms with Crippen LogP contribution in [0.15, 0.2) is 23.1 Å². The Morgan fingerprint density at radius 1 is 1.26 bits per heavy atom. The zero-order valence-corrected chi connectivity index (χ0v) is 14.7. The highest BCUT2D eigenvalue weighted by Crippen LogP contribution is 2.29. The third kappa shape index (κ3) is 3.89. The first kappa shape index (κ1) is 17.4. The molecule has 0 fully saturated rings. The SMILES string of the molecule is COc1ccc(S(=O)(=O)NC(C)c2n[nH]c(C)n2)cc1C(C)C. The minimum absolute atomic E-state index is 0.146. The molecule has 7 nitrogen and oxygen atoms in total. The number of aryl methyl sites for hydroxylation is 1. The number of H-pyrrole nitrogens is 1. The van der Waals surface area contributed by atoms with Gasteiger partial charge < -0.3 is 4.74 Å². The monoisotopic (exact) mass is 338 g/mol. The summed E-state index contributed by atoms with van der Waals surface area (Å²) in [7, 11) is -2.11. The van der Waals surface area contributed by atoms with Crippen LogP contribution in [0.25, 0.3) is 0 Å². The first-order valence-electron chi connectivity index (χ1n) is 7.33. The summed E-state index contributed by atoms with van der Waals surface area (Å²) in [4.78, 5) is 4.34. The topological polar surface area (TPSA) is 97.0 Å². The van der Waals surface area contributed by atoms with Crippen molar-refractivity contribution in [1.82, 2.24) is 19.9 Å². The maximum Gasteiger partial charge on any atom is 0.241 e. The molecule has 0 aliphatic heterocycles. The molecule has 0 radical (unpaired) electrons. The predicted octanol–water partition coefficient (Wildman–Crippen LogP) is 2.28. The van der Waals surface area contributed by atoms with Gasteiger partial charge in [0.15, 0.2) is 5.82 Å². The molecule has 0 aliphatic rings. The molecule has 0 spiro atoms. The normalized spacial score (nSPS) is 13.3. The van der Waals surface area contributed by atoms with Gasteiger partial charge in [-0.05, 0) is 43.5 Å². The smallest absolute Gasteiger partial charge is 0.241 e. The molecule has 1 atom stereocenters. The highest BCUT2D eigenvalue weighted by atomic mass is 32.2. The Balaban J connectivity index is 2.30. The first-order valence-corrected chi connectivity index (χ1v) is 8.82. The molecule has 0 amide bonds. The number of sulfonamides is 1. The van der Waals surface area contributed by atoms with Crippen LogP contribution in [0.3, 0.4) is 0 Å². The lowest BCUT2D eigenvalue weighted by Crippen LogP contribution is -2.27. The number of methoxy groups -OCH3 is 1. The van der Waals surface area contributed by atoms with Crippen molar-refractivity contribution in [1.29, 1.82) is 0 Å². The Bertz CT molecular complexity index is 784. The van der Waals surface area contributed by atoms with Gasteiger partial charge in [-0.3, -0.25) is 5.10 Å². The van der Waals surface area contributed by atoms with Gasteiger partial charge in [-0.2, -0.15) is 5.10 Å². The molecule has 0 bridgehead atoms. The maximum atomic E-state index is 12.6. The van der Waals surface area contributed by atoms with Crippen LogP contribution in [-0.2, 0) is 10.0 Å². The molecule has 8 heteroatoms. The lowest BCUT2D eigenvalue weighted by atomic mass is 10.0. The second-order valence-electron chi connectivity index (χ2n) is 5.68. The minimum Gasteiger partial charge on any atom is -0.496 e. The van der Waals surface area contributed by atoms with E-state index in [0.29, 0.717) is 17.4 Å². The van der Waals surface area contributed by atoms with E-state index in [1.165, 1.54) is 6.07 Å². The van der Waals surface area contributed by atoms with Gasteiger partial charge in [0.25, 0.3) is 0 Å². The molecule has 126 valence electrons. The van der Waals surface area contributed by atoms with Crippen LogP contribution in [0.5, 0.6) is 5.75 Å². The number of nitrogens with one attached hydrogen (secondary N) is 2. The zero-order valence-electron chi connectivity index (χ0n) is 13.9. The fourth-order valence-electron chi connectivity index (χ4n) is 2.24. The van der Waals surface area contributed by atoms with E-state index < -0.39 is 16.1 Å². The zero-order chi connectivity index (χ0) is 17.2. The molecule has 1 aromatic carbocycles. The highest BCUT2D eigenvalue weighted by molar-refractivity contribution is 7.89. The molecule has 23 heavy (non-hydrogen) atoms. The fourth-order valence-corrected chi connectivity index (χ4v) is 3.47. The summed E-state index contributed by atoms with van der Waals surface area (Å²) in [5, 5.41) is 6.69. The third-order valence-corrected chi connectivity index (χ3v) is 5.01. The van der Waals surface area contributed by atoms with Crippen LogP contribution >= 0.6 is 0 Å². The molecule has 0 saturated carbocycles. The van der Waals surface area contributed by atoms with Crippen LogP contribution in [-0.4, -0.2) is 30.7 Å². The number of rotatable bonds is 6. The molecule has 1 heterocycles. The van der Waals surface area contributed by atoms with Crippen molar-refractivity contribution in [2.24, 2.45) is 0 Å². The van der Waals surface area contributed by atoms with Crippen molar-refractivity contribution in [2.45, 2.75) is 44.6 Å². The molecular weight excluding hydrogens is 316 g/mol. The second-order valence-corrected chi connectivity index (χ2v) is 7.39. The summed E-state index contributed by atoms with van der Waals surface area (Å²) in [6.07, 6.45) is 0. The standard InChI is InChI=1S/C15H22N4O3S/c1-9(2)13-8-12(6-7-14(13)22-5)23(20,21)19-10(3)15-16-11(4)17-18-15/h6-10,19H,1-5H3,(H,16,17,18). The lowest BCUT2D eigenvalue weighted by Gasteiger charge is -2.15. The number of nitrogens with zero attached hydrogens (tertiary/aromatic N) is 2. The predicted molar refractivity (Wildman–Crippen MR) is 86.9 cm³/mol. The number of aromatic nitrogens is 3. The van der Waals surface area contributed by atoms with E-state index in [9.17, 15) is 8.42 Å². The van der Waals surface area contributed by atoms with Crippen molar-refractivity contribution in [3.8, 4) is 5.75 Å². The number of aromatic amines is 1. The van der Waals surface area contributed by atoms with E-state index in [2.05, 4.69) is 19.9 Å². The lowest BCUT2D eigenvalue weighted by molar-refractivity contribution is 0.407. The van der Waals surface area contributed by atoms with Gasteiger partial charge in [-0.25, -0.2) is 18.1 Å². The summed E-state index contributed by atoms with van der Waals surface area (Å²) in [5.41, 5.74) is 0.844. The van der Waals surface area contributed by atoms with Gasteiger partial charge >= 0.3 is 0 Å². The summed E-state index contributed by atoms with van der Waals surface area (Å²) in [6, 6.07) is 4.31. The van der Waals surface area contributed by atoms with Gasteiger partial charge in [0.05, 0.1) is 18.0 Å². The highest BCUT2D eigenvalue weighted by Gasteiger charge is 2.22. The Hall–Kier alpha value is -1.93. The van der Waals surface area contributed by atoms with Crippen molar-refractivity contribution >= 4 is 10.0 Å². The van der Waals surface area contributed by atoms with E-state index in [0.717, 1.165) is 5.56 Å². The first-order chi connectivity index (χ1) is 10.7. The fraction of sp³-hybridized carbons (Fsp3) is 0.467. The van der Waals surface area contributed by atoms with Gasteiger partial charge in [-0.1, -0.05) is 13.8 Å². The molecular formula is C15H22N4O3S. The van der Waals surface area contributed by atoms with E-state index in [1.807, 2.05) is 13.8 Å². The molecule has 2 rings (SSSR count). The molecule has 0 aliphatic carbocycles. The van der Waals surface area contributed by atoms with Crippen LogP contribution < -0.4 is 9.46 Å². The average Bonchev–Trinajstić information content (AvgIpc) is 2.92. The molecule has 2 N–H and O–H groups in total. The minimum atomic E-state index is -3.68. The van der Waals surface area contributed by atoms with Gasteiger partial charge in [0.1, 0.15) is 11.6 Å². The van der Waals surface area contributed by atoms with Gasteiger partial charge in [-0.15, -0.1) is 0 Å². The van der Waals surface area contributed by atoms with Crippen LogP contribution in [0, 0.1) is 6.92 Å². The summed E-state index contributed by atoms with van der Waals surface area (Å²) < 4.78 is 33.0. The Morgan fingerprint density at radius 2 is 1.96 bits per heavy atom. The van der Waals surface area contributed by atoms with E-state index in [4.69, 9.17) is 4.74 Å². The summed E-state index contributed by atoms with van der Waals surface area (Å²) >= 11 is 0. The third-order valence-electron chi connectivity index (χ3n) is 3.47. The van der Waals surface area contributed by atoms with Crippen LogP contribution in [0.4, 0.5) is 0 Å². The maximum absolute atomic E-state index is 12.6. The van der Waals surface area contributed by atoms with E-state index >= 15 is 0 Å². The average molecular weight is 338 g/mol. The number of hydrogen-bond donors (Lipinski definition) is 2. The molecule has 2 aromatic rings. The number of hydrogen-bond acceptors (Lipinski definition) is 5. The Morgan fingerprint density at radius 3 is 2.48 bits per heavy atom. The Kier molecular flexibility index (Phi) is 5.06. The van der Waals surface area contributed by atoms with Crippen LogP contribution in [0.1, 0.15) is 49.9 Å². The quantitative estimate of drug-likeness (QED) is 0.842. The van der Waals surface area contributed by atoms with E-state index in [1.54, 1.807) is 33.1 Å². The van der Waals surface area contributed by atoms with Crippen molar-refractivity contribution < 1.29 is 13.2 Å². The van der Waals surface area contributed by atoms with Crippen molar-refractivity contribution in [3.05, 3.63) is 35.4 Å². The van der Waals surface area contributed by atoms with Crippen LogP contribution in [0.2, 0.25) is 0 Å². The van der Waals surface area contributed by atoms with Crippen molar-refractivity contribution in [3.63, 3.8) is 0 Å². The van der Waals surface area contributed by atoms with Gasteiger partial charge in [0, 0.05) is 0 Å². The second kappa shape index (κ2) is 6.67. The van der Waals surface area contributed by atoms with Gasteiger partial charge in [0.2, 0.25) is 10.0 Å². The summed E-state index contributed by atoms with van der Waals surface area (Å²) in [5.74, 6) is 1.87. The van der Waals surface area contributed by atoms with Crippen molar-refractivity contribution in [2.75, 3.05) is 7.11 Å². The molecule has 1 aromatic heterocycles. The number of benzene rings is 1. The largest absolute Gasteiger partial charge is 0.496 e. The molecule has 0 saturated heterocycles. The molecule has 1 unspecified atom stereocenters. The number of ether oxygens (including phenoxy) is 1. The van der Waals surface area contributed by atoms with E-state index in [-0.39, 0.29) is 10.8 Å². The summed E-state index contributed by atoms with van der Waals surface area (Å²) in [6.45, 7) is 7.44.